The lowest BCUT2D eigenvalue weighted by molar-refractivity contribution is -0.384. The van der Waals surface area contributed by atoms with Crippen LogP contribution < -0.4 is 5.32 Å². The molecular weight excluding hydrogens is 461 g/mol. The molecule has 1 heterocycles. The summed E-state index contributed by atoms with van der Waals surface area (Å²) in [5.74, 6) is 1.41. The molecule has 1 saturated heterocycles. The lowest BCUT2D eigenvalue weighted by Gasteiger charge is -2.36. The first-order chi connectivity index (χ1) is 12.4. The maximum atomic E-state index is 11.5. The van der Waals surface area contributed by atoms with Crippen LogP contribution in [0.1, 0.15) is 26.3 Å². The van der Waals surface area contributed by atoms with Gasteiger partial charge in [-0.2, -0.15) is 0 Å². The van der Waals surface area contributed by atoms with Crippen LogP contribution in [0, 0.1) is 16.0 Å². The number of carbonyl (C=O) groups is 1. The average molecular weight is 489 g/mol. The molecule has 1 amide bonds. The van der Waals surface area contributed by atoms with Crippen LogP contribution >= 0.6 is 24.0 Å². The second kappa shape index (κ2) is 11.1. The minimum Gasteiger partial charge on any atom is -0.356 e. The predicted octanol–water partition coefficient (Wildman–Crippen LogP) is 2.48. The van der Waals surface area contributed by atoms with E-state index in [1.165, 1.54) is 12.1 Å². The Hall–Kier alpha value is -1.91. The first-order valence-corrected chi connectivity index (χ1v) is 8.89. The molecule has 0 atom stereocenters. The number of hydrogen-bond acceptors (Lipinski definition) is 4. The number of rotatable bonds is 5. The number of piperazine rings is 1. The maximum absolute atomic E-state index is 11.5. The average Bonchev–Trinajstić information content (AvgIpc) is 2.62. The molecule has 1 aromatic rings. The maximum Gasteiger partial charge on any atom is 0.269 e. The molecule has 150 valence electrons. The van der Waals surface area contributed by atoms with Crippen molar-refractivity contribution >= 4 is 41.5 Å². The number of guanidine groups is 1. The van der Waals surface area contributed by atoms with E-state index >= 15 is 0 Å². The zero-order chi connectivity index (χ0) is 19.1. The number of halogens is 1. The molecule has 1 N–H and O–H groups in total. The Labute approximate surface area is 177 Å². The van der Waals surface area contributed by atoms with E-state index in [4.69, 9.17) is 4.99 Å². The van der Waals surface area contributed by atoms with Gasteiger partial charge >= 0.3 is 0 Å². The van der Waals surface area contributed by atoms with Gasteiger partial charge in [-0.3, -0.25) is 14.9 Å². The summed E-state index contributed by atoms with van der Waals surface area (Å²) >= 11 is 0. The van der Waals surface area contributed by atoms with Crippen molar-refractivity contribution < 1.29 is 9.72 Å². The molecule has 0 aromatic heterocycles. The fourth-order valence-electron chi connectivity index (χ4n) is 2.69. The SMILES string of the molecule is CC(=O)N1CCN(C(=NCc2ccc([N+](=O)[O-])cc2)NCC(C)C)CC1.I. The largest absolute Gasteiger partial charge is 0.356 e. The van der Waals surface area contributed by atoms with Gasteiger partial charge in [0.2, 0.25) is 5.91 Å². The molecule has 0 bridgehead atoms. The van der Waals surface area contributed by atoms with E-state index in [1.54, 1.807) is 19.1 Å². The van der Waals surface area contributed by atoms with Crippen molar-refractivity contribution in [3.63, 3.8) is 0 Å². The number of aliphatic imine (C=N–C) groups is 1. The number of benzene rings is 1. The quantitative estimate of drug-likeness (QED) is 0.226. The van der Waals surface area contributed by atoms with Gasteiger partial charge in [-0.1, -0.05) is 26.0 Å². The van der Waals surface area contributed by atoms with Gasteiger partial charge in [0.15, 0.2) is 5.96 Å². The Kier molecular flexibility index (Phi) is 9.47. The molecule has 1 aromatic carbocycles. The van der Waals surface area contributed by atoms with E-state index < -0.39 is 4.92 Å². The number of nitrogens with zero attached hydrogens (tertiary/aromatic N) is 4. The summed E-state index contributed by atoms with van der Waals surface area (Å²) in [5.41, 5.74) is 0.998. The summed E-state index contributed by atoms with van der Waals surface area (Å²) in [4.78, 5) is 30.5. The third-order valence-electron chi connectivity index (χ3n) is 4.25. The van der Waals surface area contributed by atoms with Gasteiger partial charge in [-0.25, -0.2) is 4.99 Å². The van der Waals surface area contributed by atoms with E-state index in [0.717, 1.165) is 31.2 Å². The summed E-state index contributed by atoms with van der Waals surface area (Å²) < 4.78 is 0. The van der Waals surface area contributed by atoms with Crippen LogP contribution in [0.2, 0.25) is 0 Å². The highest BCUT2D eigenvalue weighted by atomic mass is 127. The summed E-state index contributed by atoms with van der Waals surface area (Å²) in [6.07, 6.45) is 0. The standard InChI is InChI=1S/C18H27N5O3.HI/c1-14(2)12-19-18(22-10-8-21(9-11-22)15(3)24)20-13-16-4-6-17(7-5-16)23(25)26;/h4-7,14H,8-13H2,1-3H3,(H,19,20);1H. The van der Waals surface area contributed by atoms with Crippen molar-refractivity contribution in [2.75, 3.05) is 32.7 Å². The molecule has 0 aliphatic carbocycles. The number of amides is 1. The summed E-state index contributed by atoms with van der Waals surface area (Å²) in [6.45, 7) is 9.98. The monoisotopic (exact) mass is 489 g/mol. The van der Waals surface area contributed by atoms with Crippen molar-refractivity contribution in [1.29, 1.82) is 0 Å². The number of nitrogens with one attached hydrogen (secondary N) is 1. The second-order valence-corrected chi connectivity index (χ2v) is 6.83. The van der Waals surface area contributed by atoms with E-state index in [1.807, 2.05) is 4.90 Å². The summed E-state index contributed by atoms with van der Waals surface area (Å²) in [5, 5.41) is 14.1. The Morgan fingerprint density at radius 3 is 2.22 bits per heavy atom. The van der Waals surface area contributed by atoms with Crippen molar-refractivity contribution in [3.05, 3.63) is 39.9 Å². The van der Waals surface area contributed by atoms with Gasteiger partial charge in [0.1, 0.15) is 0 Å². The van der Waals surface area contributed by atoms with Crippen molar-refractivity contribution in [1.82, 2.24) is 15.1 Å². The fourth-order valence-corrected chi connectivity index (χ4v) is 2.69. The number of hydrogen-bond donors (Lipinski definition) is 1. The minimum absolute atomic E-state index is 0. The lowest BCUT2D eigenvalue weighted by Crippen LogP contribution is -2.53. The van der Waals surface area contributed by atoms with E-state index in [-0.39, 0.29) is 35.6 Å². The first-order valence-electron chi connectivity index (χ1n) is 8.89. The van der Waals surface area contributed by atoms with Gasteiger partial charge < -0.3 is 15.1 Å². The molecule has 9 heteroatoms. The number of carbonyl (C=O) groups excluding carboxylic acids is 1. The fraction of sp³-hybridized carbons (Fsp3) is 0.556. The van der Waals surface area contributed by atoms with Gasteiger partial charge in [-0.15, -0.1) is 24.0 Å². The molecule has 1 aliphatic heterocycles. The zero-order valence-corrected chi connectivity index (χ0v) is 18.4. The van der Waals surface area contributed by atoms with Crippen LogP contribution in [0.5, 0.6) is 0 Å². The van der Waals surface area contributed by atoms with E-state index in [2.05, 4.69) is 24.1 Å². The van der Waals surface area contributed by atoms with E-state index in [0.29, 0.717) is 25.6 Å². The molecule has 0 spiro atoms. The number of nitro groups is 1. The predicted molar refractivity (Wildman–Crippen MR) is 116 cm³/mol. The molecule has 0 radical (unpaired) electrons. The molecule has 2 rings (SSSR count). The van der Waals surface area contributed by atoms with Crippen LogP contribution in [0.4, 0.5) is 5.69 Å². The first kappa shape index (κ1) is 23.1. The normalized spacial score (nSPS) is 14.7. The highest BCUT2D eigenvalue weighted by Crippen LogP contribution is 2.13. The molecule has 8 nitrogen and oxygen atoms in total. The molecule has 0 unspecified atom stereocenters. The number of non-ortho nitro benzene ring substituents is 1. The molecule has 1 fully saturated rings. The Morgan fingerprint density at radius 1 is 1.19 bits per heavy atom. The minimum atomic E-state index is -0.406. The second-order valence-electron chi connectivity index (χ2n) is 6.83. The van der Waals surface area contributed by atoms with Gasteiger partial charge in [0.05, 0.1) is 11.5 Å². The van der Waals surface area contributed by atoms with Crippen molar-refractivity contribution in [2.45, 2.75) is 27.3 Å². The highest BCUT2D eigenvalue weighted by molar-refractivity contribution is 14.0. The smallest absolute Gasteiger partial charge is 0.269 e. The van der Waals surface area contributed by atoms with Crippen LogP contribution in [0.25, 0.3) is 0 Å². The number of nitro benzene ring substituents is 1. The van der Waals surface area contributed by atoms with Gasteiger partial charge in [0, 0.05) is 51.8 Å². The summed E-state index contributed by atoms with van der Waals surface area (Å²) in [7, 11) is 0. The molecule has 27 heavy (non-hydrogen) atoms. The Balaban J connectivity index is 0.00000364. The van der Waals surface area contributed by atoms with Crippen LogP contribution in [-0.4, -0.2) is 59.3 Å². The molecule has 0 saturated carbocycles. The van der Waals surface area contributed by atoms with Crippen LogP contribution in [-0.2, 0) is 11.3 Å². The Bertz CT molecular complexity index is 655. The Morgan fingerprint density at radius 2 is 1.74 bits per heavy atom. The van der Waals surface area contributed by atoms with Crippen molar-refractivity contribution in [2.24, 2.45) is 10.9 Å². The van der Waals surface area contributed by atoms with Crippen LogP contribution in [0.15, 0.2) is 29.3 Å². The topological polar surface area (TPSA) is 91.1 Å². The van der Waals surface area contributed by atoms with Crippen LogP contribution in [0.3, 0.4) is 0 Å². The summed E-state index contributed by atoms with van der Waals surface area (Å²) in [6, 6.07) is 6.46. The highest BCUT2D eigenvalue weighted by Gasteiger charge is 2.21. The lowest BCUT2D eigenvalue weighted by atomic mass is 10.2. The molecule has 1 aliphatic rings. The van der Waals surface area contributed by atoms with Crippen molar-refractivity contribution in [3.8, 4) is 0 Å². The molecular formula is C18H28IN5O3. The van der Waals surface area contributed by atoms with Gasteiger partial charge in [-0.05, 0) is 11.5 Å². The van der Waals surface area contributed by atoms with Gasteiger partial charge in [0.25, 0.3) is 5.69 Å². The third-order valence-corrected chi connectivity index (χ3v) is 4.25. The zero-order valence-electron chi connectivity index (χ0n) is 16.1. The van der Waals surface area contributed by atoms with E-state index in [9.17, 15) is 14.9 Å². The third kappa shape index (κ3) is 7.31.